The number of fused-ring (bicyclic) bond motifs is 1. The summed E-state index contributed by atoms with van der Waals surface area (Å²) in [5, 5.41) is 15.7. The van der Waals surface area contributed by atoms with Crippen molar-refractivity contribution in [3.63, 3.8) is 0 Å². The van der Waals surface area contributed by atoms with E-state index in [2.05, 4.69) is 29.5 Å². The van der Waals surface area contributed by atoms with Crippen LogP contribution < -0.4 is 10.6 Å². The summed E-state index contributed by atoms with van der Waals surface area (Å²) in [7, 11) is 0. The summed E-state index contributed by atoms with van der Waals surface area (Å²) in [5.74, 6) is 0.405. The van der Waals surface area contributed by atoms with E-state index in [9.17, 15) is 4.79 Å². The zero-order chi connectivity index (χ0) is 15.4. The minimum atomic E-state index is -0.409. The van der Waals surface area contributed by atoms with Crippen LogP contribution in [0, 0.1) is 0 Å². The third-order valence-electron chi connectivity index (χ3n) is 3.00. The quantitative estimate of drug-likeness (QED) is 0.793. The van der Waals surface area contributed by atoms with Crippen molar-refractivity contribution >= 4 is 33.3 Å². The molecule has 0 saturated carbocycles. The zero-order valence-electron chi connectivity index (χ0n) is 12.5. The molecule has 1 aromatic carbocycles. The summed E-state index contributed by atoms with van der Waals surface area (Å²) in [6.07, 6.45) is 0.132. The highest BCUT2D eigenvalue weighted by atomic mass is 32.1. The molecule has 0 aliphatic rings. The van der Waals surface area contributed by atoms with Crippen LogP contribution in [0.25, 0.3) is 10.2 Å². The third-order valence-corrected chi connectivity index (χ3v) is 4.32. The number of nitrogens with one attached hydrogen (secondary N) is 2. The fourth-order valence-electron chi connectivity index (χ4n) is 1.84. The van der Waals surface area contributed by atoms with Gasteiger partial charge in [-0.15, -0.1) is 11.3 Å². The Morgan fingerprint density at radius 1 is 1.38 bits per heavy atom. The molecule has 2 rings (SSSR count). The number of aliphatic hydroxyl groups excluding tert-OH is 1. The van der Waals surface area contributed by atoms with Crippen molar-refractivity contribution < 1.29 is 9.90 Å². The predicted octanol–water partition coefficient (Wildman–Crippen LogP) is 3.31. The smallest absolute Gasteiger partial charge is 0.319 e. The summed E-state index contributed by atoms with van der Waals surface area (Å²) < 4.78 is 1.07. The Kier molecular flexibility index (Phi) is 5.14. The SMILES string of the molecule is CC(O)CCNC(=O)Nc1ccc2nc(C(C)C)sc2c1. The van der Waals surface area contributed by atoms with E-state index in [0.717, 1.165) is 20.9 Å². The van der Waals surface area contributed by atoms with Gasteiger partial charge in [0.15, 0.2) is 0 Å². The van der Waals surface area contributed by atoms with Crippen molar-refractivity contribution in [1.29, 1.82) is 0 Å². The van der Waals surface area contributed by atoms with Gasteiger partial charge in [-0.1, -0.05) is 13.8 Å². The van der Waals surface area contributed by atoms with Gasteiger partial charge in [0.05, 0.1) is 21.3 Å². The van der Waals surface area contributed by atoms with Gasteiger partial charge in [-0.2, -0.15) is 0 Å². The van der Waals surface area contributed by atoms with Crippen LogP contribution in [-0.2, 0) is 0 Å². The normalized spacial score (nSPS) is 12.6. The van der Waals surface area contributed by atoms with Crippen LogP contribution in [0.3, 0.4) is 0 Å². The second kappa shape index (κ2) is 6.87. The van der Waals surface area contributed by atoms with Gasteiger partial charge < -0.3 is 15.7 Å². The van der Waals surface area contributed by atoms with Crippen molar-refractivity contribution in [1.82, 2.24) is 10.3 Å². The van der Waals surface area contributed by atoms with Crippen LogP contribution in [0.4, 0.5) is 10.5 Å². The van der Waals surface area contributed by atoms with Crippen LogP contribution in [0.15, 0.2) is 18.2 Å². The standard InChI is InChI=1S/C15H21N3O2S/c1-9(2)14-18-12-5-4-11(8-13(12)21-14)17-15(20)16-7-6-10(3)19/h4-5,8-10,19H,6-7H2,1-3H3,(H2,16,17,20). The fraction of sp³-hybridized carbons (Fsp3) is 0.467. The van der Waals surface area contributed by atoms with Gasteiger partial charge in [0, 0.05) is 18.2 Å². The molecule has 1 heterocycles. The molecule has 3 N–H and O–H groups in total. The lowest BCUT2D eigenvalue weighted by atomic mass is 10.2. The first-order valence-electron chi connectivity index (χ1n) is 7.09. The Morgan fingerprint density at radius 3 is 2.81 bits per heavy atom. The lowest BCUT2D eigenvalue weighted by Crippen LogP contribution is -2.30. The average Bonchev–Trinajstić information content (AvgIpc) is 2.81. The minimum absolute atomic E-state index is 0.261. The molecular weight excluding hydrogens is 286 g/mol. The maximum atomic E-state index is 11.7. The van der Waals surface area contributed by atoms with Crippen molar-refractivity contribution in [2.45, 2.75) is 39.2 Å². The van der Waals surface area contributed by atoms with Gasteiger partial charge in [0.25, 0.3) is 0 Å². The number of anilines is 1. The monoisotopic (exact) mass is 307 g/mol. The summed E-state index contributed by atoms with van der Waals surface area (Å²) in [5.41, 5.74) is 1.71. The number of benzene rings is 1. The molecule has 2 aromatic rings. The Labute approximate surface area is 128 Å². The van der Waals surface area contributed by atoms with E-state index in [4.69, 9.17) is 5.11 Å². The number of urea groups is 1. The summed E-state index contributed by atoms with van der Waals surface area (Å²) in [4.78, 5) is 16.3. The zero-order valence-corrected chi connectivity index (χ0v) is 13.3. The number of carbonyl (C=O) groups is 1. The maximum Gasteiger partial charge on any atom is 0.319 e. The first-order valence-corrected chi connectivity index (χ1v) is 7.90. The molecule has 0 radical (unpaired) electrons. The molecule has 21 heavy (non-hydrogen) atoms. The summed E-state index contributed by atoms with van der Waals surface area (Å²) in [6.45, 7) is 6.38. The largest absolute Gasteiger partial charge is 0.393 e. The highest BCUT2D eigenvalue weighted by Crippen LogP contribution is 2.29. The van der Waals surface area contributed by atoms with Crippen molar-refractivity contribution in [3.05, 3.63) is 23.2 Å². The molecule has 2 amide bonds. The molecule has 0 saturated heterocycles. The molecule has 1 unspecified atom stereocenters. The number of rotatable bonds is 5. The predicted molar refractivity (Wildman–Crippen MR) is 87.0 cm³/mol. The lowest BCUT2D eigenvalue weighted by Gasteiger charge is -2.08. The molecular formula is C15H21N3O2S. The molecule has 0 fully saturated rings. The van der Waals surface area contributed by atoms with Gasteiger partial charge in [-0.3, -0.25) is 0 Å². The van der Waals surface area contributed by atoms with Crippen LogP contribution in [0.1, 0.15) is 38.1 Å². The number of aromatic nitrogens is 1. The van der Waals surface area contributed by atoms with E-state index in [1.807, 2.05) is 18.2 Å². The number of hydrogen-bond donors (Lipinski definition) is 3. The molecule has 114 valence electrons. The number of carbonyl (C=O) groups excluding carboxylic acids is 1. The average molecular weight is 307 g/mol. The molecule has 0 aliphatic heterocycles. The molecule has 0 spiro atoms. The van der Waals surface area contributed by atoms with Crippen molar-refractivity contribution in [2.75, 3.05) is 11.9 Å². The molecule has 1 aromatic heterocycles. The van der Waals surface area contributed by atoms with E-state index in [-0.39, 0.29) is 6.03 Å². The highest BCUT2D eigenvalue weighted by Gasteiger charge is 2.09. The van der Waals surface area contributed by atoms with Crippen LogP contribution in [0.5, 0.6) is 0 Å². The van der Waals surface area contributed by atoms with Crippen LogP contribution in [0.2, 0.25) is 0 Å². The van der Waals surface area contributed by atoms with Crippen molar-refractivity contribution in [2.24, 2.45) is 0 Å². The Hall–Kier alpha value is -1.66. The number of amides is 2. The van der Waals surface area contributed by atoms with Gasteiger partial charge in [0.1, 0.15) is 0 Å². The topological polar surface area (TPSA) is 74.2 Å². The van der Waals surface area contributed by atoms with Crippen molar-refractivity contribution in [3.8, 4) is 0 Å². The maximum absolute atomic E-state index is 11.7. The Morgan fingerprint density at radius 2 is 2.14 bits per heavy atom. The number of nitrogens with zero attached hydrogens (tertiary/aromatic N) is 1. The molecule has 1 atom stereocenters. The van der Waals surface area contributed by atoms with Gasteiger partial charge in [-0.05, 0) is 31.5 Å². The van der Waals surface area contributed by atoms with Crippen LogP contribution >= 0.6 is 11.3 Å². The molecule has 0 aliphatic carbocycles. The second-order valence-corrected chi connectivity index (χ2v) is 6.47. The van der Waals surface area contributed by atoms with Crippen LogP contribution in [-0.4, -0.2) is 28.8 Å². The van der Waals surface area contributed by atoms with E-state index in [0.29, 0.717) is 18.9 Å². The first-order chi connectivity index (χ1) is 9.95. The number of hydrogen-bond acceptors (Lipinski definition) is 4. The Bertz CT molecular complexity index is 622. The molecule has 0 bridgehead atoms. The number of aliphatic hydroxyl groups is 1. The van der Waals surface area contributed by atoms with Gasteiger partial charge >= 0.3 is 6.03 Å². The van der Waals surface area contributed by atoms with E-state index >= 15 is 0 Å². The fourth-order valence-corrected chi connectivity index (χ4v) is 2.85. The highest BCUT2D eigenvalue weighted by molar-refractivity contribution is 7.18. The van der Waals surface area contributed by atoms with Gasteiger partial charge in [-0.25, -0.2) is 9.78 Å². The van der Waals surface area contributed by atoms with E-state index in [1.54, 1.807) is 18.3 Å². The third kappa shape index (κ3) is 4.41. The lowest BCUT2D eigenvalue weighted by molar-refractivity contribution is 0.184. The molecule has 5 nitrogen and oxygen atoms in total. The minimum Gasteiger partial charge on any atom is -0.393 e. The number of thiazole rings is 1. The Balaban J connectivity index is 2.00. The summed E-state index contributed by atoms with van der Waals surface area (Å²) in [6, 6.07) is 5.44. The van der Waals surface area contributed by atoms with E-state index < -0.39 is 6.10 Å². The van der Waals surface area contributed by atoms with E-state index in [1.165, 1.54) is 0 Å². The molecule has 6 heteroatoms. The second-order valence-electron chi connectivity index (χ2n) is 5.41. The van der Waals surface area contributed by atoms with Gasteiger partial charge in [0.2, 0.25) is 0 Å². The summed E-state index contributed by atoms with van der Waals surface area (Å²) >= 11 is 1.65. The first kappa shape index (κ1) is 15.7.